The number of nitrogens with zero attached hydrogens (tertiary/aromatic N) is 1. The van der Waals surface area contributed by atoms with Gasteiger partial charge in [-0.1, -0.05) is 6.07 Å². The molecule has 0 radical (unpaired) electrons. The number of amides is 1. The number of rotatable bonds is 6. The first-order chi connectivity index (χ1) is 8.83. The summed E-state index contributed by atoms with van der Waals surface area (Å²) in [6, 6.07) is 3.61. The largest absolute Gasteiger partial charge is 0.465 e. The van der Waals surface area contributed by atoms with Gasteiger partial charge in [-0.25, -0.2) is 22.9 Å². The van der Waals surface area contributed by atoms with Crippen LogP contribution in [0, 0.1) is 0 Å². The Balaban J connectivity index is 2.59. The number of hydrogen-bond donors (Lipinski definition) is 4. The zero-order valence-electron chi connectivity index (χ0n) is 10.1. The Hall–Kier alpha value is -1.71. The lowest BCUT2D eigenvalue weighted by atomic mass is 10.2. The number of aliphatic hydroxyl groups excluding tert-OH is 1. The number of aromatic nitrogens is 1. The summed E-state index contributed by atoms with van der Waals surface area (Å²) in [4.78, 5) is 14.0. The molecule has 0 fully saturated rings. The number of nitrogens with one attached hydrogen (secondary N) is 2. The van der Waals surface area contributed by atoms with Crippen molar-refractivity contribution in [1.29, 1.82) is 0 Å². The van der Waals surface area contributed by atoms with Gasteiger partial charge in [0.05, 0.1) is 12.1 Å². The van der Waals surface area contributed by atoms with Crippen molar-refractivity contribution in [2.75, 3.05) is 6.54 Å². The molecule has 4 N–H and O–H groups in total. The van der Waals surface area contributed by atoms with E-state index >= 15 is 0 Å². The van der Waals surface area contributed by atoms with Crippen molar-refractivity contribution < 1.29 is 23.4 Å². The molecule has 0 aliphatic rings. The van der Waals surface area contributed by atoms with Crippen LogP contribution in [0.15, 0.2) is 29.4 Å². The third kappa shape index (κ3) is 4.81. The van der Waals surface area contributed by atoms with E-state index in [1.54, 1.807) is 6.07 Å². The summed E-state index contributed by atoms with van der Waals surface area (Å²) >= 11 is 0. The molecule has 19 heavy (non-hydrogen) atoms. The Morgan fingerprint density at radius 1 is 1.47 bits per heavy atom. The molecular weight excluding hydrogens is 274 g/mol. The molecule has 2 atom stereocenters. The highest BCUT2D eigenvalue weighted by Crippen LogP contribution is 2.03. The van der Waals surface area contributed by atoms with Crippen LogP contribution in [-0.4, -0.2) is 48.4 Å². The second-order valence-corrected chi connectivity index (χ2v) is 5.54. The summed E-state index contributed by atoms with van der Waals surface area (Å²) < 4.78 is 25.7. The van der Waals surface area contributed by atoms with Crippen LogP contribution in [-0.2, 0) is 10.0 Å². The summed E-state index contributed by atoms with van der Waals surface area (Å²) in [5.74, 6) is 0. The molecule has 1 rings (SSSR count). The Kier molecular flexibility index (Phi) is 5.21. The van der Waals surface area contributed by atoms with Crippen molar-refractivity contribution in [1.82, 2.24) is 15.0 Å². The van der Waals surface area contributed by atoms with Gasteiger partial charge in [-0.15, -0.1) is 0 Å². The molecule has 0 saturated carbocycles. The van der Waals surface area contributed by atoms with Gasteiger partial charge in [-0.3, -0.25) is 0 Å². The Bertz CT molecular complexity index is 519. The van der Waals surface area contributed by atoms with Crippen molar-refractivity contribution in [2.45, 2.75) is 24.1 Å². The molecule has 9 heteroatoms. The fourth-order valence-electron chi connectivity index (χ4n) is 1.24. The number of carbonyl (C=O) groups is 1. The number of hydrogen-bond acceptors (Lipinski definition) is 5. The highest BCUT2D eigenvalue weighted by molar-refractivity contribution is 7.89. The fourth-order valence-corrected chi connectivity index (χ4v) is 2.24. The lowest BCUT2D eigenvalue weighted by Crippen LogP contribution is -2.46. The van der Waals surface area contributed by atoms with Crippen LogP contribution >= 0.6 is 0 Å². The molecule has 0 aliphatic heterocycles. The lowest BCUT2D eigenvalue weighted by Gasteiger charge is -2.18. The van der Waals surface area contributed by atoms with E-state index in [4.69, 9.17) is 5.11 Å². The molecule has 8 nitrogen and oxygen atoms in total. The van der Waals surface area contributed by atoms with Crippen LogP contribution < -0.4 is 10.0 Å². The Morgan fingerprint density at radius 3 is 2.68 bits per heavy atom. The third-order valence-corrected chi connectivity index (χ3v) is 3.66. The van der Waals surface area contributed by atoms with Crippen LogP contribution in [0.3, 0.4) is 0 Å². The van der Waals surface area contributed by atoms with Gasteiger partial charge in [0.2, 0.25) is 0 Å². The minimum absolute atomic E-state index is 0.166. The van der Waals surface area contributed by atoms with Crippen LogP contribution in [0.1, 0.15) is 6.92 Å². The van der Waals surface area contributed by atoms with E-state index in [9.17, 15) is 18.3 Å². The lowest BCUT2D eigenvalue weighted by molar-refractivity contribution is 0.129. The van der Waals surface area contributed by atoms with E-state index in [-0.39, 0.29) is 11.6 Å². The first-order valence-corrected chi connectivity index (χ1v) is 6.89. The van der Waals surface area contributed by atoms with Crippen molar-refractivity contribution in [3.8, 4) is 0 Å². The van der Waals surface area contributed by atoms with Crippen LogP contribution in [0.25, 0.3) is 0 Å². The molecule has 0 unspecified atom stereocenters. The predicted octanol–water partition coefficient (Wildman–Crippen LogP) is -0.623. The van der Waals surface area contributed by atoms with Gasteiger partial charge in [0.15, 0.2) is 5.03 Å². The minimum Gasteiger partial charge on any atom is -0.465 e. The number of carboxylic acid groups (broad SMARTS) is 1. The first-order valence-electron chi connectivity index (χ1n) is 5.41. The smallest absolute Gasteiger partial charge is 0.404 e. The van der Waals surface area contributed by atoms with E-state index in [1.807, 2.05) is 5.32 Å². The van der Waals surface area contributed by atoms with Crippen molar-refractivity contribution in [3.63, 3.8) is 0 Å². The molecule has 0 saturated heterocycles. The normalized spacial score (nSPS) is 14.6. The van der Waals surface area contributed by atoms with E-state index in [0.717, 1.165) is 0 Å². The van der Waals surface area contributed by atoms with Crippen LogP contribution in [0.5, 0.6) is 0 Å². The maximum atomic E-state index is 11.8. The molecule has 1 aromatic rings. The first kappa shape index (κ1) is 15.3. The van der Waals surface area contributed by atoms with Crippen molar-refractivity contribution in [2.24, 2.45) is 0 Å². The maximum Gasteiger partial charge on any atom is 0.404 e. The van der Waals surface area contributed by atoms with Crippen molar-refractivity contribution in [3.05, 3.63) is 24.4 Å². The highest BCUT2D eigenvalue weighted by atomic mass is 32.2. The Morgan fingerprint density at radius 2 is 2.16 bits per heavy atom. The zero-order valence-corrected chi connectivity index (χ0v) is 11.0. The summed E-state index contributed by atoms with van der Waals surface area (Å²) in [5.41, 5.74) is 0. The van der Waals surface area contributed by atoms with Gasteiger partial charge in [0, 0.05) is 12.7 Å². The SMILES string of the molecule is C[C@H](NC(=O)O)[C@@H](O)CNS(=O)(=O)c1ccccn1. The van der Waals surface area contributed by atoms with Crippen molar-refractivity contribution >= 4 is 16.1 Å². The molecule has 106 valence electrons. The average Bonchev–Trinajstić information content (AvgIpc) is 2.36. The molecule has 0 spiro atoms. The van der Waals surface area contributed by atoms with E-state index in [1.165, 1.54) is 25.3 Å². The summed E-state index contributed by atoms with van der Waals surface area (Å²) in [6.45, 7) is 1.11. The zero-order chi connectivity index (χ0) is 14.5. The third-order valence-electron chi connectivity index (χ3n) is 2.32. The van der Waals surface area contributed by atoms with Gasteiger partial charge < -0.3 is 15.5 Å². The predicted molar refractivity (Wildman–Crippen MR) is 66.1 cm³/mol. The monoisotopic (exact) mass is 289 g/mol. The average molecular weight is 289 g/mol. The number of aliphatic hydroxyl groups is 1. The molecule has 0 aromatic carbocycles. The second kappa shape index (κ2) is 6.45. The number of pyridine rings is 1. The van der Waals surface area contributed by atoms with E-state index in [2.05, 4.69) is 9.71 Å². The van der Waals surface area contributed by atoms with Gasteiger partial charge in [-0.2, -0.15) is 0 Å². The molecular formula is C10H15N3O5S. The topological polar surface area (TPSA) is 129 Å². The standard InChI is InChI=1S/C10H15N3O5S/c1-7(13-10(15)16)8(14)6-12-19(17,18)9-4-2-3-5-11-9/h2-5,7-8,12-14H,6H2,1H3,(H,15,16)/t7-,8-/m0/s1. The van der Waals surface area contributed by atoms with Crippen LogP contribution in [0.4, 0.5) is 4.79 Å². The second-order valence-electron chi connectivity index (χ2n) is 3.83. The molecule has 1 heterocycles. The molecule has 1 aromatic heterocycles. The number of sulfonamides is 1. The molecule has 1 amide bonds. The maximum absolute atomic E-state index is 11.8. The van der Waals surface area contributed by atoms with E-state index in [0.29, 0.717) is 0 Å². The Labute approximate surface area is 110 Å². The summed E-state index contributed by atoms with van der Waals surface area (Å²) in [7, 11) is -3.81. The minimum atomic E-state index is -3.81. The van der Waals surface area contributed by atoms with Gasteiger partial charge in [-0.05, 0) is 19.1 Å². The quantitative estimate of drug-likeness (QED) is 0.552. The van der Waals surface area contributed by atoms with E-state index < -0.39 is 28.3 Å². The van der Waals surface area contributed by atoms with Gasteiger partial charge in [0.1, 0.15) is 0 Å². The molecule has 0 bridgehead atoms. The molecule has 0 aliphatic carbocycles. The highest BCUT2D eigenvalue weighted by Gasteiger charge is 2.20. The summed E-state index contributed by atoms with van der Waals surface area (Å²) in [5, 5.41) is 19.9. The van der Waals surface area contributed by atoms with Gasteiger partial charge >= 0.3 is 6.09 Å². The van der Waals surface area contributed by atoms with Gasteiger partial charge in [0.25, 0.3) is 10.0 Å². The fraction of sp³-hybridized carbons (Fsp3) is 0.400. The van der Waals surface area contributed by atoms with Crippen LogP contribution in [0.2, 0.25) is 0 Å². The summed E-state index contributed by atoms with van der Waals surface area (Å²) in [6.07, 6.45) is -1.15.